The number of hydrogen-bond acceptors (Lipinski definition) is 4. The second kappa shape index (κ2) is 10.1. The van der Waals surface area contributed by atoms with Gasteiger partial charge in [0.1, 0.15) is 16.4 Å². The van der Waals surface area contributed by atoms with Gasteiger partial charge in [-0.1, -0.05) is 109 Å². The average molecular weight is 521 g/mol. The van der Waals surface area contributed by atoms with Crippen molar-refractivity contribution in [1.82, 2.24) is 5.43 Å². The lowest BCUT2D eigenvalue weighted by Crippen LogP contribution is -2.20. The average Bonchev–Trinajstić information content (AvgIpc) is 3.30. The Bertz CT molecular complexity index is 1660. The molecule has 1 N–H and O–H groups in total. The number of thiophene rings is 1. The van der Waals surface area contributed by atoms with E-state index < -0.39 is 0 Å². The zero-order chi connectivity index (χ0) is 25.2. The molecule has 0 spiro atoms. The number of allylic oxidation sites excluding steroid dienone is 1. The van der Waals surface area contributed by atoms with Crippen molar-refractivity contribution in [3.63, 3.8) is 0 Å². The van der Waals surface area contributed by atoms with E-state index in [1.165, 1.54) is 11.3 Å². The van der Waals surface area contributed by atoms with Crippen LogP contribution < -0.4 is 10.2 Å². The quantitative estimate of drug-likeness (QED) is 0.189. The van der Waals surface area contributed by atoms with Crippen LogP contribution in [0.3, 0.4) is 0 Å². The van der Waals surface area contributed by atoms with Gasteiger partial charge in [0, 0.05) is 32.7 Å². The van der Waals surface area contributed by atoms with Crippen molar-refractivity contribution < 1.29 is 9.53 Å². The highest BCUT2D eigenvalue weighted by Gasteiger charge is 2.31. The molecule has 4 nitrogen and oxygen atoms in total. The van der Waals surface area contributed by atoms with Gasteiger partial charge >= 0.3 is 0 Å². The lowest BCUT2D eigenvalue weighted by atomic mass is 9.82. The summed E-state index contributed by atoms with van der Waals surface area (Å²) in [6, 6.07) is 35.9. The van der Waals surface area contributed by atoms with E-state index in [2.05, 4.69) is 28.7 Å². The number of fused-ring (bicyclic) bond motifs is 2. The Labute approximate surface area is 223 Å². The molecule has 1 aliphatic heterocycles. The van der Waals surface area contributed by atoms with Crippen LogP contribution in [0.2, 0.25) is 5.02 Å². The maximum atomic E-state index is 13.0. The molecular weight excluding hydrogens is 500 g/mol. The molecule has 5 aromatic rings. The summed E-state index contributed by atoms with van der Waals surface area (Å²) in [5.41, 5.74) is 6.60. The third-order valence-electron chi connectivity index (χ3n) is 6.29. The zero-order valence-corrected chi connectivity index (χ0v) is 21.2. The van der Waals surface area contributed by atoms with Crippen LogP contribution in [0.15, 0.2) is 120 Å². The van der Waals surface area contributed by atoms with E-state index in [1.54, 1.807) is 6.21 Å². The normalized spacial score (nSPS) is 15.0. The molecule has 1 amide bonds. The molecular formula is C31H21ClN2O2S. The Morgan fingerprint density at radius 3 is 2.32 bits per heavy atom. The van der Waals surface area contributed by atoms with Gasteiger partial charge in [-0.2, -0.15) is 5.10 Å². The lowest BCUT2D eigenvalue weighted by molar-refractivity contribution is 0.0959. The molecule has 0 aliphatic carbocycles. The summed E-state index contributed by atoms with van der Waals surface area (Å²) >= 11 is 7.86. The largest absolute Gasteiger partial charge is 0.456 e. The maximum Gasteiger partial charge on any atom is 0.283 e. The van der Waals surface area contributed by atoms with E-state index in [1.807, 2.05) is 91.0 Å². The maximum absolute atomic E-state index is 13.0. The molecule has 1 aromatic heterocycles. The van der Waals surface area contributed by atoms with Crippen molar-refractivity contribution in [1.29, 1.82) is 0 Å². The van der Waals surface area contributed by atoms with Crippen LogP contribution in [0.25, 0.3) is 15.8 Å². The molecule has 1 atom stereocenters. The number of rotatable bonds is 5. The second-order valence-electron chi connectivity index (χ2n) is 8.57. The number of ether oxygens (including phenoxy) is 1. The monoisotopic (exact) mass is 520 g/mol. The molecule has 4 aromatic carbocycles. The highest BCUT2D eigenvalue weighted by molar-refractivity contribution is 7.21. The van der Waals surface area contributed by atoms with Crippen LogP contribution in [0, 0.1) is 0 Å². The van der Waals surface area contributed by atoms with Crippen LogP contribution in [-0.2, 0) is 0 Å². The van der Waals surface area contributed by atoms with Gasteiger partial charge in [-0.05, 0) is 17.7 Å². The van der Waals surface area contributed by atoms with Crippen molar-refractivity contribution in [3.05, 3.63) is 141 Å². The predicted octanol–water partition coefficient (Wildman–Crippen LogP) is 7.91. The van der Waals surface area contributed by atoms with E-state index in [4.69, 9.17) is 16.3 Å². The number of benzene rings is 4. The fourth-order valence-electron chi connectivity index (χ4n) is 4.60. The molecule has 180 valence electrons. The van der Waals surface area contributed by atoms with E-state index in [0.29, 0.717) is 15.7 Å². The van der Waals surface area contributed by atoms with Crippen LogP contribution in [-0.4, -0.2) is 12.1 Å². The van der Waals surface area contributed by atoms with Crippen molar-refractivity contribution in [3.8, 4) is 5.75 Å². The van der Waals surface area contributed by atoms with Crippen molar-refractivity contribution >= 4 is 50.9 Å². The van der Waals surface area contributed by atoms with Crippen LogP contribution in [0.4, 0.5) is 0 Å². The molecule has 1 aliphatic rings. The minimum absolute atomic E-state index is 0.130. The first-order valence-electron chi connectivity index (χ1n) is 11.8. The Hall–Kier alpha value is -4.19. The SMILES string of the molecule is O=C(N/N=C\C1=C(c2ccccc2)Oc2ccccc2[C@@H]1c1ccccc1)c1sc2ccccc2c1Cl. The molecule has 6 rings (SSSR count). The van der Waals surface area contributed by atoms with Gasteiger partial charge in [0.15, 0.2) is 0 Å². The summed E-state index contributed by atoms with van der Waals surface area (Å²) in [6.45, 7) is 0. The van der Waals surface area contributed by atoms with Gasteiger partial charge in [0.25, 0.3) is 5.91 Å². The highest BCUT2D eigenvalue weighted by atomic mass is 35.5. The number of nitrogens with zero attached hydrogens (tertiary/aromatic N) is 1. The molecule has 2 heterocycles. The molecule has 0 saturated heterocycles. The second-order valence-corrected chi connectivity index (χ2v) is 10.0. The van der Waals surface area contributed by atoms with Gasteiger partial charge in [0.2, 0.25) is 0 Å². The van der Waals surface area contributed by atoms with E-state index in [0.717, 1.165) is 38.1 Å². The summed E-state index contributed by atoms with van der Waals surface area (Å²) in [5.74, 6) is 1.02. The third-order valence-corrected chi connectivity index (χ3v) is 7.97. The van der Waals surface area contributed by atoms with E-state index >= 15 is 0 Å². The molecule has 0 fully saturated rings. The van der Waals surface area contributed by atoms with Gasteiger partial charge in [-0.3, -0.25) is 4.79 Å². The summed E-state index contributed by atoms with van der Waals surface area (Å²) in [6.07, 6.45) is 1.69. The zero-order valence-electron chi connectivity index (χ0n) is 19.6. The third kappa shape index (κ3) is 4.44. The summed E-state index contributed by atoms with van der Waals surface area (Å²) in [5, 5.41) is 5.69. The number of hydrogen-bond donors (Lipinski definition) is 1. The summed E-state index contributed by atoms with van der Waals surface area (Å²) in [4.78, 5) is 13.5. The summed E-state index contributed by atoms with van der Waals surface area (Å²) in [7, 11) is 0. The van der Waals surface area contributed by atoms with E-state index in [-0.39, 0.29) is 11.8 Å². The summed E-state index contributed by atoms with van der Waals surface area (Å²) < 4.78 is 7.40. The Kier molecular flexibility index (Phi) is 6.31. The molecule has 0 bridgehead atoms. The van der Waals surface area contributed by atoms with Crippen LogP contribution in [0.1, 0.15) is 32.3 Å². The highest BCUT2D eigenvalue weighted by Crippen LogP contribution is 2.45. The molecule has 0 radical (unpaired) electrons. The number of nitrogens with one attached hydrogen (secondary N) is 1. The van der Waals surface area contributed by atoms with Crippen molar-refractivity contribution in [2.24, 2.45) is 5.10 Å². The van der Waals surface area contributed by atoms with E-state index in [9.17, 15) is 4.79 Å². The number of carbonyl (C=O) groups is 1. The van der Waals surface area contributed by atoms with Crippen molar-refractivity contribution in [2.75, 3.05) is 0 Å². The van der Waals surface area contributed by atoms with Gasteiger partial charge in [0.05, 0.1) is 11.2 Å². The standard InChI is InChI=1S/C31H21ClN2O2S/c32-28-23-16-8-10-18-26(23)37-30(28)31(35)34-33-19-24-27(20-11-3-1-4-12-20)22-15-7-9-17-25(22)36-29(24)21-13-5-2-6-14-21/h1-19,27H,(H,34,35)/b33-19-/t27-/m0/s1. The van der Waals surface area contributed by atoms with Crippen molar-refractivity contribution in [2.45, 2.75) is 5.92 Å². The van der Waals surface area contributed by atoms with Gasteiger partial charge in [-0.25, -0.2) is 5.43 Å². The predicted molar refractivity (Wildman–Crippen MR) is 152 cm³/mol. The first-order valence-corrected chi connectivity index (χ1v) is 13.0. The number of amides is 1. The van der Waals surface area contributed by atoms with Crippen LogP contribution >= 0.6 is 22.9 Å². The smallest absolute Gasteiger partial charge is 0.283 e. The number of carbonyl (C=O) groups excluding carboxylic acids is 1. The number of para-hydroxylation sites is 1. The van der Waals surface area contributed by atoms with Crippen LogP contribution in [0.5, 0.6) is 5.75 Å². The Morgan fingerprint density at radius 2 is 1.54 bits per heavy atom. The Morgan fingerprint density at radius 1 is 0.865 bits per heavy atom. The molecule has 37 heavy (non-hydrogen) atoms. The molecule has 0 saturated carbocycles. The first kappa shape index (κ1) is 23.2. The molecule has 6 heteroatoms. The fraction of sp³-hybridized carbons (Fsp3) is 0.0323. The van der Waals surface area contributed by atoms with Gasteiger partial charge in [-0.15, -0.1) is 11.3 Å². The minimum Gasteiger partial charge on any atom is -0.456 e. The van der Waals surface area contributed by atoms with Gasteiger partial charge < -0.3 is 4.74 Å². The minimum atomic E-state index is -0.349. The Balaban J connectivity index is 1.42. The molecule has 0 unspecified atom stereocenters. The lowest BCUT2D eigenvalue weighted by Gasteiger charge is -2.29. The first-order chi connectivity index (χ1) is 18.2. The fourth-order valence-corrected chi connectivity index (χ4v) is 6.01. The number of hydrazone groups is 1. The topological polar surface area (TPSA) is 50.7 Å². The number of halogens is 1.